The predicted molar refractivity (Wildman–Crippen MR) is 123 cm³/mol. The van der Waals surface area contributed by atoms with Gasteiger partial charge in [0.2, 0.25) is 0 Å². The SMILES string of the molecule is CNc1cc(-c2cn([C@@H]3COC[C@H]3O)c3ncccc23)nc2c(C(=O)N[C@@H]3CC[C@H]3F)cnn12. The average Bonchev–Trinajstić information content (AvgIpc) is 3.57. The smallest absolute Gasteiger partial charge is 0.257 e. The Bertz CT molecular complexity index is 1400. The maximum Gasteiger partial charge on any atom is 0.257 e. The van der Waals surface area contributed by atoms with Gasteiger partial charge >= 0.3 is 0 Å². The Balaban J connectivity index is 1.48. The van der Waals surface area contributed by atoms with Crippen LogP contribution in [0.1, 0.15) is 29.2 Å². The third kappa shape index (κ3) is 3.23. The highest BCUT2D eigenvalue weighted by atomic mass is 19.1. The minimum absolute atomic E-state index is 0.258. The summed E-state index contributed by atoms with van der Waals surface area (Å²) in [4.78, 5) is 22.2. The number of hydrogen-bond acceptors (Lipinski definition) is 7. The van der Waals surface area contributed by atoms with Crippen molar-refractivity contribution in [2.24, 2.45) is 0 Å². The standard InChI is InChI=1S/C23H24FN7O3/c1-25-20-7-17(28-22-13(8-27-31(20)22)23(33)29-16-5-4-15(16)24)14-9-30(18-10-34-11-19(18)32)21-12(14)3-2-6-26-21/h2-3,6-9,15-16,18-19,25,32H,4-5,10-11H2,1H3,(H,29,33)/t15-,16-,18-,19-/m1/s1. The molecule has 6 rings (SSSR count). The van der Waals surface area contributed by atoms with E-state index in [0.717, 1.165) is 10.9 Å². The molecule has 2 fully saturated rings. The van der Waals surface area contributed by atoms with E-state index in [1.807, 2.05) is 29.0 Å². The molecule has 4 atom stereocenters. The molecule has 0 bridgehead atoms. The maximum atomic E-state index is 13.7. The molecule has 1 amide bonds. The Kier molecular flexibility index (Phi) is 4.96. The van der Waals surface area contributed by atoms with Crippen LogP contribution in [0.5, 0.6) is 0 Å². The Hall–Kier alpha value is -3.57. The molecule has 34 heavy (non-hydrogen) atoms. The number of ether oxygens (including phenoxy) is 1. The zero-order valence-corrected chi connectivity index (χ0v) is 18.5. The molecule has 0 unspecified atom stereocenters. The summed E-state index contributed by atoms with van der Waals surface area (Å²) in [5.74, 6) is 0.240. The second-order valence-electron chi connectivity index (χ2n) is 8.74. The van der Waals surface area contributed by atoms with Gasteiger partial charge in [-0.15, -0.1) is 0 Å². The number of hydrogen-bond donors (Lipinski definition) is 3. The number of carbonyl (C=O) groups is 1. The molecule has 0 aromatic carbocycles. The predicted octanol–water partition coefficient (Wildman–Crippen LogP) is 1.95. The first-order chi connectivity index (χ1) is 16.5. The first-order valence-corrected chi connectivity index (χ1v) is 11.3. The highest BCUT2D eigenvalue weighted by Crippen LogP contribution is 2.34. The number of aromatic nitrogens is 5. The van der Waals surface area contributed by atoms with Crippen molar-refractivity contribution in [2.45, 2.75) is 37.2 Å². The topological polar surface area (TPSA) is 119 Å². The number of anilines is 1. The number of halogens is 1. The summed E-state index contributed by atoms with van der Waals surface area (Å²) >= 11 is 0. The molecule has 11 heteroatoms. The monoisotopic (exact) mass is 465 g/mol. The van der Waals surface area contributed by atoms with E-state index in [0.29, 0.717) is 42.3 Å². The number of nitrogens with zero attached hydrogens (tertiary/aromatic N) is 5. The molecule has 0 spiro atoms. The summed E-state index contributed by atoms with van der Waals surface area (Å²) in [6.07, 6.45) is 4.50. The Morgan fingerprint density at radius 1 is 1.29 bits per heavy atom. The van der Waals surface area contributed by atoms with Crippen molar-refractivity contribution < 1.29 is 19.0 Å². The quantitative estimate of drug-likeness (QED) is 0.412. The van der Waals surface area contributed by atoms with Gasteiger partial charge in [0.1, 0.15) is 29.3 Å². The number of aliphatic hydroxyl groups excluding tert-OH is 1. The average molecular weight is 465 g/mol. The Labute approximate surface area is 193 Å². The lowest BCUT2D eigenvalue weighted by molar-refractivity contribution is 0.0826. The van der Waals surface area contributed by atoms with Crippen LogP contribution in [0, 0.1) is 0 Å². The van der Waals surface area contributed by atoms with Crippen molar-refractivity contribution in [3.8, 4) is 11.3 Å². The van der Waals surface area contributed by atoms with E-state index < -0.39 is 24.2 Å². The molecule has 0 radical (unpaired) electrons. The normalized spacial score (nSPS) is 24.4. The summed E-state index contributed by atoms with van der Waals surface area (Å²) in [5.41, 5.74) is 2.77. The van der Waals surface area contributed by atoms with E-state index >= 15 is 0 Å². The van der Waals surface area contributed by atoms with E-state index in [1.54, 1.807) is 17.8 Å². The molecule has 176 valence electrons. The van der Waals surface area contributed by atoms with E-state index in [-0.39, 0.29) is 18.2 Å². The summed E-state index contributed by atoms with van der Waals surface area (Å²) in [5, 5.41) is 21.5. The van der Waals surface area contributed by atoms with Gasteiger partial charge in [-0.3, -0.25) is 4.79 Å². The summed E-state index contributed by atoms with van der Waals surface area (Å²) in [6.45, 7) is 0.661. The first-order valence-electron chi connectivity index (χ1n) is 11.3. The molecule has 1 aliphatic heterocycles. The number of nitrogens with one attached hydrogen (secondary N) is 2. The summed E-state index contributed by atoms with van der Waals surface area (Å²) in [7, 11) is 1.76. The summed E-state index contributed by atoms with van der Waals surface area (Å²) < 4.78 is 22.7. The van der Waals surface area contributed by atoms with Crippen LogP contribution in [-0.2, 0) is 4.74 Å². The second kappa shape index (κ2) is 8.03. The third-order valence-electron chi connectivity index (χ3n) is 6.72. The number of carbonyl (C=O) groups excluding carboxylic acids is 1. The van der Waals surface area contributed by atoms with Crippen LogP contribution >= 0.6 is 0 Å². The molecule has 1 aliphatic carbocycles. The van der Waals surface area contributed by atoms with Crippen molar-refractivity contribution in [1.29, 1.82) is 0 Å². The van der Waals surface area contributed by atoms with E-state index in [1.165, 1.54) is 6.20 Å². The lowest BCUT2D eigenvalue weighted by atomic mass is 9.90. The molecule has 5 heterocycles. The minimum Gasteiger partial charge on any atom is -0.388 e. The van der Waals surface area contributed by atoms with Gasteiger partial charge in [-0.25, -0.2) is 14.4 Å². The zero-order valence-electron chi connectivity index (χ0n) is 18.5. The number of amides is 1. The van der Waals surface area contributed by atoms with Gasteiger partial charge in [-0.2, -0.15) is 9.61 Å². The van der Waals surface area contributed by atoms with E-state index in [9.17, 15) is 14.3 Å². The van der Waals surface area contributed by atoms with Gasteiger partial charge < -0.3 is 25.0 Å². The fraction of sp³-hybridized carbons (Fsp3) is 0.391. The molecular weight excluding hydrogens is 441 g/mol. The van der Waals surface area contributed by atoms with Crippen molar-refractivity contribution in [3.05, 3.63) is 42.4 Å². The molecular formula is C23H24FN7O3. The van der Waals surface area contributed by atoms with Crippen LogP contribution in [-0.4, -0.2) is 73.7 Å². The van der Waals surface area contributed by atoms with Crippen LogP contribution < -0.4 is 10.6 Å². The zero-order chi connectivity index (χ0) is 23.4. The number of pyridine rings is 1. The van der Waals surface area contributed by atoms with Gasteiger partial charge in [0.25, 0.3) is 5.91 Å². The molecule has 1 saturated heterocycles. The number of alkyl halides is 1. The Morgan fingerprint density at radius 3 is 2.88 bits per heavy atom. The fourth-order valence-corrected chi connectivity index (χ4v) is 4.64. The minimum atomic E-state index is -1.02. The van der Waals surface area contributed by atoms with Crippen LogP contribution in [0.2, 0.25) is 0 Å². The highest BCUT2D eigenvalue weighted by Gasteiger charge is 2.33. The third-order valence-corrected chi connectivity index (χ3v) is 6.72. The largest absolute Gasteiger partial charge is 0.388 e. The molecule has 4 aromatic heterocycles. The van der Waals surface area contributed by atoms with Gasteiger partial charge in [-0.1, -0.05) is 0 Å². The molecule has 1 saturated carbocycles. The van der Waals surface area contributed by atoms with Crippen molar-refractivity contribution in [3.63, 3.8) is 0 Å². The van der Waals surface area contributed by atoms with Gasteiger partial charge in [0, 0.05) is 36.5 Å². The fourth-order valence-electron chi connectivity index (χ4n) is 4.64. The lowest BCUT2D eigenvalue weighted by Crippen LogP contribution is -2.48. The van der Waals surface area contributed by atoms with Crippen molar-refractivity contribution in [1.82, 2.24) is 29.5 Å². The maximum absolute atomic E-state index is 13.7. The van der Waals surface area contributed by atoms with Crippen LogP contribution in [0.4, 0.5) is 10.2 Å². The second-order valence-corrected chi connectivity index (χ2v) is 8.74. The molecule has 3 N–H and O–H groups in total. The summed E-state index contributed by atoms with van der Waals surface area (Å²) in [6, 6.07) is 4.91. The van der Waals surface area contributed by atoms with Crippen LogP contribution in [0.25, 0.3) is 27.9 Å². The van der Waals surface area contributed by atoms with Crippen molar-refractivity contribution in [2.75, 3.05) is 25.6 Å². The number of rotatable bonds is 5. The van der Waals surface area contributed by atoms with Gasteiger partial charge in [-0.05, 0) is 25.0 Å². The van der Waals surface area contributed by atoms with Crippen molar-refractivity contribution >= 4 is 28.4 Å². The molecule has 2 aliphatic rings. The van der Waals surface area contributed by atoms with Gasteiger partial charge in [0.05, 0.1) is 37.2 Å². The highest BCUT2D eigenvalue weighted by molar-refractivity contribution is 6.01. The van der Waals surface area contributed by atoms with E-state index in [4.69, 9.17) is 9.72 Å². The Morgan fingerprint density at radius 2 is 2.18 bits per heavy atom. The number of fused-ring (bicyclic) bond motifs is 2. The molecule has 10 nitrogen and oxygen atoms in total. The number of aliphatic hydroxyl groups is 1. The van der Waals surface area contributed by atoms with Crippen LogP contribution in [0.15, 0.2) is 36.8 Å². The van der Waals surface area contributed by atoms with Crippen LogP contribution in [0.3, 0.4) is 0 Å². The lowest BCUT2D eigenvalue weighted by Gasteiger charge is -2.30. The van der Waals surface area contributed by atoms with Gasteiger partial charge in [0.15, 0.2) is 5.65 Å². The van der Waals surface area contributed by atoms with E-state index in [2.05, 4.69) is 20.7 Å². The first kappa shape index (κ1) is 21.0. The molecule has 4 aromatic rings.